The van der Waals surface area contributed by atoms with E-state index in [0.717, 1.165) is 122 Å². The first-order valence-corrected chi connectivity index (χ1v) is 43.5. The van der Waals surface area contributed by atoms with Gasteiger partial charge in [0.15, 0.2) is 6.10 Å². The molecule has 16 nitrogen and oxygen atoms in total. The number of phosphoric ester groups is 2. The summed E-state index contributed by atoms with van der Waals surface area (Å²) in [6.45, 7) is 2.65. The lowest BCUT2D eigenvalue weighted by molar-refractivity contribution is -0.161. The maximum atomic E-state index is 12.9. The summed E-state index contributed by atoms with van der Waals surface area (Å²) in [6, 6.07) is 0. The minimum absolute atomic E-state index is 0.107. The molecular formula is C83H148O16P2. The van der Waals surface area contributed by atoms with Gasteiger partial charge >= 0.3 is 33.6 Å². The molecule has 4 N–H and O–H groups in total. The van der Waals surface area contributed by atoms with Gasteiger partial charge in [0.05, 0.1) is 26.4 Å². The molecule has 18 heteroatoms. The SMILES string of the molecule is CCCCC/C=C\C/C=C\C/C=C\C/C=C\CCCCCCCCCCCCCC(=O)OCC(O)COP(=O)(O)OCC(O)COP(=O)(O)OCC(COC(=O)CCCCCCCCCCCCC/C=C\C/C=C\C/C=C\C/C=C\CCCCC)OC(=O)CCCCCCCCCCCCC. The van der Waals surface area contributed by atoms with E-state index in [-0.39, 0.29) is 19.3 Å². The molecule has 0 aromatic heterocycles. The fourth-order valence-corrected chi connectivity index (χ4v) is 12.7. The number of phosphoric acid groups is 2. The highest BCUT2D eigenvalue weighted by molar-refractivity contribution is 7.47. The molecule has 0 aliphatic rings. The molecule has 0 aliphatic carbocycles. The Morgan fingerprint density at radius 1 is 0.277 bits per heavy atom. The number of carbonyl (C=O) groups is 3. The molecule has 0 radical (unpaired) electrons. The van der Waals surface area contributed by atoms with E-state index in [0.29, 0.717) is 19.3 Å². The zero-order valence-electron chi connectivity index (χ0n) is 64.1. The van der Waals surface area contributed by atoms with Crippen LogP contribution >= 0.6 is 15.6 Å². The number of aliphatic hydroxyl groups is 2. The number of allylic oxidation sites excluding steroid dienone is 16. The molecule has 0 aromatic rings. The number of carbonyl (C=O) groups excluding carboxylic acids is 3. The second-order valence-corrected chi connectivity index (χ2v) is 30.1. The van der Waals surface area contributed by atoms with Crippen LogP contribution in [0, 0.1) is 0 Å². The molecule has 0 bridgehead atoms. The third kappa shape index (κ3) is 77.4. The quantitative estimate of drug-likeness (QED) is 0.0146. The van der Waals surface area contributed by atoms with Gasteiger partial charge in [0.25, 0.3) is 0 Å². The van der Waals surface area contributed by atoms with Crippen LogP contribution in [-0.2, 0) is 55.8 Å². The van der Waals surface area contributed by atoms with Gasteiger partial charge in [-0.05, 0) is 109 Å². The summed E-state index contributed by atoms with van der Waals surface area (Å²) < 4.78 is 61.1. The standard InChI is InChI=1S/C83H148O16P2/c1-4-7-10-13-16-19-22-24-26-28-30-32-34-36-38-40-42-44-46-48-50-52-55-57-60-63-66-69-81(86)93-72-78(84)73-95-100(89,90)96-74-79(85)75-97-101(91,92)98-77-80(99-83(88)71-68-65-62-59-54-21-18-15-12-9-6-3)76-94-82(87)70-67-64-61-58-56-53-51-49-47-45-43-41-39-37-35-33-31-29-27-25-23-20-17-14-11-8-5-2/h16-17,19-20,24-27,30-33,36-39,78-80,84-85H,4-15,18,21-23,28-29,34-35,40-77H2,1-3H3,(H,89,90)(H,91,92)/b19-16-,20-17-,26-24-,27-25-,32-30-,33-31-,38-36-,39-37-. The van der Waals surface area contributed by atoms with E-state index in [4.69, 9.17) is 32.3 Å². The lowest BCUT2D eigenvalue weighted by Crippen LogP contribution is -2.30. The van der Waals surface area contributed by atoms with E-state index < -0.39 is 91.5 Å². The minimum Gasteiger partial charge on any atom is -0.463 e. The van der Waals surface area contributed by atoms with Crippen LogP contribution in [0.3, 0.4) is 0 Å². The number of hydrogen-bond donors (Lipinski definition) is 4. The van der Waals surface area contributed by atoms with Crippen LogP contribution in [0.5, 0.6) is 0 Å². The minimum atomic E-state index is -4.92. The highest BCUT2D eigenvalue weighted by atomic mass is 31.2. The van der Waals surface area contributed by atoms with Gasteiger partial charge in [-0.25, -0.2) is 9.13 Å². The van der Waals surface area contributed by atoms with E-state index in [1.54, 1.807) is 0 Å². The predicted molar refractivity (Wildman–Crippen MR) is 417 cm³/mol. The average molecular weight is 1460 g/mol. The fraction of sp³-hybridized carbons (Fsp3) is 0.771. The van der Waals surface area contributed by atoms with Crippen molar-refractivity contribution in [2.24, 2.45) is 0 Å². The zero-order valence-corrected chi connectivity index (χ0v) is 65.9. The smallest absolute Gasteiger partial charge is 0.463 e. The molecule has 586 valence electrons. The van der Waals surface area contributed by atoms with Gasteiger partial charge in [-0.1, -0.05) is 323 Å². The van der Waals surface area contributed by atoms with Crippen LogP contribution in [0.15, 0.2) is 97.2 Å². The molecule has 5 atom stereocenters. The van der Waals surface area contributed by atoms with Gasteiger partial charge in [-0.15, -0.1) is 0 Å². The molecule has 0 aromatic carbocycles. The highest BCUT2D eigenvalue weighted by Gasteiger charge is 2.29. The van der Waals surface area contributed by atoms with Crippen LogP contribution in [0.2, 0.25) is 0 Å². The Labute approximate surface area is 616 Å². The lowest BCUT2D eigenvalue weighted by Gasteiger charge is -2.21. The summed E-state index contributed by atoms with van der Waals surface area (Å²) in [5, 5.41) is 20.6. The summed E-state index contributed by atoms with van der Waals surface area (Å²) in [4.78, 5) is 58.6. The molecule has 0 saturated carbocycles. The molecule has 0 heterocycles. The number of aliphatic hydroxyl groups excluding tert-OH is 2. The normalized spacial score (nSPS) is 14.5. The third-order valence-corrected chi connectivity index (χ3v) is 19.2. The van der Waals surface area contributed by atoms with Gasteiger partial charge in [0.2, 0.25) is 0 Å². The maximum absolute atomic E-state index is 12.9. The summed E-state index contributed by atoms with van der Waals surface area (Å²) in [6.07, 6.45) is 87.5. The van der Waals surface area contributed by atoms with Crippen LogP contribution < -0.4 is 0 Å². The number of esters is 3. The summed E-state index contributed by atoms with van der Waals surface area (Å²) in [7, 11) is -9.78. The van der Waals surface area contributed by atoms with Crippen molar-refractivity contribution in [2.75, 3.05) is 39.6 Å². The van der Waals surface area contributed by atoms with Crippen molar-refractivity contribution in [2.45, 2.75) is 373 Å². The molecule has 0 aliphatic heterocycles. The van der Waals surface area contributed by atoms with Crippen molar-refractivity contribution < 1.29 is 75.8 Å². The van der Waals surface area contributed by atoms with Crippen LogP contribution in [0.4, 0.5) is 0 Å². The maximum Gasteiger partial charge on any atom is 0.472 e. The predicted octanol–water partition coefficient (Wildman–Crippen LogP) is 23.8. The Kier molecular flexibility index (Phi) is 73.5. The Morgan fingerprint density at radius 3 is 0.802 bits per heavy atom. The first kappa shape index (κ1) is 97.5. The van der Waals surface area contributed by atoms with Gasteiger partial charge in [0.1, 0.15) is 25.4 Å². The summed E-state index contributed by atoms with van der Waals surface area (Å²) >= 11 is 0. The monoisotopic (exact) mass is 1460 g/mol. The lowest BCUT2D eigenvalue weighted by atomic mass is 10.0. The molecule has 5 unspecified atom stereocenters. The van der Waals surface area contributed by atoms with Crippen molar-refractivity contribution in [3.05, 3.63) is 97.2 Å². The first-order valence-electron chi connectivity index (χ1n) is 40.5. The first-order chi connectivity index (χ1) is 49.2. The van der Waals surface area contributed by atoms with Gasteiger partial charge < -0.3 is 34.2 Å². The van der Waals surface area contributed by atoms with Crippen molar-refractivity contribution in [3.8, 4) is 0 Å². The summed E-state index contributed by atoms with van der Waals surface area (Å²) in [5.74, 6) is -1.57. The molecule has 0 saturated heterocycles. The second kappa shape index (κ2) is 76.1. The van der Waals surface area contributed by atoms with E-state index in [1.807, 2.05) is 0 Å². The number of unbranched alkanes of at least 4 members (excludes halogenated alkanes) is 38. The summed E-state index contributed by atoms with van der Waals surface area (Å²) in [5.41, 5.74) is 0. The van der Waals surface area contributed by atoms with Crippen LogP contribution in [0.25, 0.3) is 0 Å². The van der Waals surface area contributed by atoms with E-state index in [9.17, 15) is 43.5 Å². The molecule has 0 amide bonds. The van der Waals surface area contributed by atoms with Crippen molar-refractivity contribution >= 4 is 33.6 Å². The number of ether oxygens (including phenoxy) is 3. The second-order valence-electron chi connectivity index (χ2n) is 27.2. The van der Waals surface area contributed by atoms with E-state index in [2.05, 4.69) is 118 Å². The highest BCUT2D eigenvalue weighted by Crippen LogP contribution is 2.45. The fourth-order valence-electron chi connectivity index (χ4n) is 11.1. The van der Waals surface area contributed by atoms with Crippen LogP contribution in [-0.4, -0.2) is 95.9 Å². The molecule has 101 heavy (non-hydrogen) atoms. The van der Waals surface area contributed by atoms with Crippen LogP contribution in [0.1, 0.15) is 355 Å². The average Bonchev–Trinajstić information content (AvgIpc) is 0.947. The van der Waals surface area contributed by atoms with Gasteiger partial charge in [-0.2, -0.15) is 0 Å². The topological polar surface area (TPSA) is 231 Å². The van der Waals surface area contributed by atoms with Gasteiger partial charge in [-0.3, -0.25) is 32.5 Å². The van der Waals surface area contributed by atoms with Gasteiger partial charge in [0, 0.05) is 19.3 Å². The molecular weight excluding hydrogens is 1310 g/mol. The third-order valence-electron chi connectivity index (χ3n) is 17.3. The van der Waals surface area contributed by atoms with Crippen molar-refractivity contribution in [1.82, 2.24) is 0 Å². The molecule has 0 rings (SSSR count). The largest absolute Gasteiger partial charge is 0.472 e. The Balaban J connectivity index is 4.45. The Morgan fingerprint density at radius 2 is 0.495 bits per heavy atom. The van der Waals surface area contributed by atoms with E-state index >= 15 is 0 Å². The van der Waals surface area contributed by atoms with E-state index in [1.165, 1.54) is 173 Å². The zero-order chi connectivity index (χ0) is 73.7. The van der Waals surface area contributed by atoms with Crippen molar-refractivity contribution in [1.29, 1.82) is 0 Å². The Bertz CT molecular complexity index is 2220. The Hall–Kier alpha value is -3.53. The molecule has 0 spiro atoms. The molecule has 0 fully saturated rings. The number of hydrogen-bond acceptors (Lipinski definition) is 14. The number of rotatable bonds is 77. The van der Waals surface area contributed by atoms with Crippen molar-refractivity contribution in [3.63, 3.8) is 0 Å².